The van der Waals surface area contributed by atoms with Crippen molar-refractivity contribution < 1.29 is 62.5 Å². The second-order valence-electron chi connectivity index (χ2n) is 5.65. The molecule has 1 atom stereocenters. The Hall–Kier alpha value is -2.03. The van der Waals surface area contributed by atoms with Crippen LogP contribution >= 0.6 is 31.9 Å². The summed E-state index contributed by atoms with van der Waals surface area (Å²) in [5, 5.41) is 30.9. The van der Waals surface area contributed by atoms with Crippen LogP contribution in [0.3, 0.4) is 0 Å². The van der Waals surface area contributed by atoms with Gasteiger partial charge in [-0.25, -0.2) is 0 Å². The maximum absolute atomic E-state index is 11.7. The van der Waals surface area contributed by atoms with Gasteiger partial charge in [-0.1, -0.05) is 37.6 Å². The minimum Gasteiger partial charge on any atom is -0.871 e. The Labute approximate surface area is 212 Å². The number of carboxylic acids is 2. The van der Waals surface area contributed by atoms with Crippen LogP contribution in [0.15, 0.2) is 26.1 Å². The van der Waals surface area contributed by atoms with Gasteiger partial charge in [0.1, 0.15) is 0 Å². The van der Waals surface area contributed by atoms with Gasteiger partial charge in [0.25, 0.3) is 0 Å². The van der Waals surface area contributed by atoms with E-state index >= 15 is 0 Å². The van der Waals surface area contributed by atoms with Gasteiger partial charge in [-0.05, 0) is 17.7 Å². The van der Waals surface area contributed by atoms with Crippen LogP contribution in [-0.2, 0) is 36.2 Å². The number of hydrogen-bond acceptors (Lipinski definition) is 7. The summed E-state index contributed by atoms with van der Waals surface area (Å²) < 4.78 is 0.884. The Morgan fingerprint density at radius 3 is 1.81 bits per heavy atom. The molecule has 32 heavy (non-hydrogen) atoms. The first-order chi connectivity index (χ1) is 13.3. The van der Waals surface area contributed by atoms with Crippen LogP contribution in [0.2, 0.25) is 0 Å². The minimum atomic E-state index is -1.61. The maximum atomic E-state index is 11.7. The molecule has 12 nitrogen and oxygen atoms in total. The van der Waals surface area contributed by atoms with E-state index in [-0.39, 0.29) is 43.8 Å². The fourth-order valence-electron chi connectivity index (χ4n) is 1.21. The van der Waals surface area contributed by atoms with E-state index in [1.54, 1.807) is 28.2 Å². The number of halogens is 2. The molecule has 5 N–H and O–H groups in total. The van der Waals surface area contributed by atoms with E-state index < -0.39 is 24.4 Å². The van der Waals surface area contributed by atoms with Crippen molar-refractivity contribution in [3.8, 4) is 5.75 Å². The van der Waals surface area contributed by atoms with Crippen molar-refractivity contribution in [2.24, 2.45) is 4.99 Å². The van der Waals surface area contributed by atoms with Crippen LogP contribution in [-0.4, -0.2) is 91.1 Å². The normalized spacial score (nSPS) is 9.56. The van der Waals surface area contributed by atoms with Crippen LogP contribution < -0.4 is 10.2 Å². The number of carbonyl (C=O) groups excluding carboxylic acids is 3. The monoisotopic (exact) mass is 636 g/mol. The first-order valence-corrected chi connectivity index (χ1v) is 9.29. The van der Waals surface area contributed by atoms with Crippen LogP contribution in [0.25, 0.3) is 0 Å². The smallest absolute Gasteiger partial charge is 0.871 e. The first-order valence-electron chi connectivity index (χ1n) is 7.70. The Balaban J connectivity index is -0.000000158. The van der Waals surface area contributed by atoms with E-state index in [1.165, 1.54) is 21.9 Å². The Kier molecular flexibility index (Phi) is 28.0. The van der Waals surface area contributed by atoms with Gasteiger partial charge >= 0.3 is 23.0 Å². The van der Waals surface area contributed by atoms with Gasteiger partial charge in [0.15, 0.2) is 0 Å². The molecule has 0 fully saturated rings. The standard InChI is InChI=1S/C11H9Br2NO5.2C3H7NO.Cu.2H2O/c12-6-1-5(10(17)7(13)2-6)4-14-8(11(18)19)3-9(15)16;2*1-4(2)3-5;;;/h1-2,4,8,17H,3H2,(H,15,16)(H,18,19);2*3H,1-2H3;;2*1H2/q;;;+2;;/p-2/t8-;;;;;/m0...../s1. The van der Waals surface area contributed by atoms with E-state index in [0.717, 1.165) is 19.0 Å². The third-order valence-corrected chi connectivity index (χ3v) is 3.54. The SMILES string of the molecule is CN(C)C=O.CN(C)C=O.O.O.O=C(O)C[C@H](N=Cc1cc(Br)cc(Br)c1[O-])C(=O)[O-].[Cu+2]. The second kappa shape index (κ2) is 22.2. The quantitative estimate of drug-likeness (QED) is 0.202. The van der Waals surface area contributed by atoms with Crippen molar-refractivity contribution in [1.29, 1.82) is 0 Å². The van der Waals surface area contributed by atoms with Crippen molar-refractivity contribution in [2.45, 2.75) is 12.5 Å². The molecule has 0 spiro atoms. The molecule has 0 aliphatic carbocycles. The third kappa shape index (κ3) is 21.2. The van der Waals surface area contributed by atoms with E-state index in [9.17, 15) is 29.4 Å². The average molecular weight is 639 g/mol. The zero-order valence-corrected chi connectivity index (χ0v) is 21.6. The summed E-state index contributed by atoms with van der Waals surface area (Å²) in [4.78, 5) is 46.5. The Morgan fingerprint density at radius 1 is 1.09 bits per heavy atom. The minimum absolute atomic E-state index is 0. The zero-order chi connectivity index (χ0) is 23.1. The molecule has 0 aliphatic heterocycles. The van der Waals surface area contributed by atoms with E-state index in [2.05, 4.69) is 36.9 Å². The van der Waals surface area contributed by atoms with Gasteiger partial charge in [0, 0.05) is 43.4 Å². The molecule has 187 valence electrons. The van der Waals surface area contributed by atoms with Gasteiger partial charge in [-0.3, -0.25) is 19.4 Å². The molecule has 0 aromatic heterocycles. The van der Waals surface area contributed by atoms with E-state index in [0.29, 0.717) is 4.47 Å². The molecule has 1 rings (SSSR count). The van der Waals surface area contributed by atoms with Crippen molar-refractivity contribution >= 4 is 62.8 Å². The third-order valence-electron chi connectivity index (χ3n) is 2.49. The fourth-order valence-corrected chi connectivity index (χ4v) is 2.47. The molecule has 1 aromatic rings. The second-order valence-corrected chi connectivity index (χ2v) is 7.42. The molecule has 0 bridgehead atoms. The Morgan fingerprint density at radius 2 is 1.50 bits per heavy atom. The summed E-state index contributed by atoms with van der Waals surface area (Å²) in [6, 6.07) is 1.45. The van der Waals surface area contributed by atoms with Crippen molar-refractivity contribution in [2.75, 3.05) is 28.2 Å². The van der Waals surface area contributed by atoms with Gasteiger partial charge in [-0.2, -0.15) is 0 Å². The van der Waals surface area contributed by atoms with Crippen LogP contribution in [0.5, 0.6) is 5.75 Å². The summed E-state index contributed by atoms with van der Waals surface area (Å²) in [7, 11) is 6.75. The number of benzene rings is 1. The largest absolute Gasteiger partial charge is 2.00 e. The predicted octanol–water partition coefficient (Wildman–Crippen LogP) is -1.95. The van der Waals surface area contributed by atoms with Gasteiger partial charge in [0.05, 0.1) is 18.4 Å². The molecule has 0 heterocycles. The molecule has 0 aliphatic rings. The van der Waals surface area contributed by atoms with Crippen molar-refractivity contribution in [1.82, 2.24) is 9.80 Å². The summed E-state index contributed by atoms with van der Waals surface area (Å²) in [5.41, 5.74) is 0.137. The molecule has 0 unspecified atom stereocenters. The molecule has 15 heteroatoms. The van der Waals surface area contributed by atoms with Gasteiger partial charge in [-0.15, -0.1) is 0 Å². The number of amides is 2. The number of nitrogens with zero attached hydrogens (tertiary/aromatic N) is 3. The number of carboxylic acid groups (broad SMARTS) is 2. The van der Waals surface area contributed by atoms with Crippen molar-refractivity contribution in [3.63, 3.8) is 0 Å². The summed E-state index contributed by atoms with van der Waals surface area (Å²) >= 11 is 6.22. The first kappa shape index (κ1) is 40.3. The average Bonchev–Trinajstić information content (AvgIpc) is 2.62. The van der Waals surface area contributed by atoms with E-state index in [1.807, 2.05) is 0 Å². The maximum Gasteiger partial charge on any atom is 2.00 e. The van der Waals surface area contributed by atoms with E-state index in [4.69, 9.17) is 5.11 Å². The van der Waals surface area contributed by atoms with Crippen LogP contribution in [0.4, 0.5) is 0 Å². The summed E-state index contributed by atoms with van der Waals surface area (Å²) in [6.45, 7) is 0. The zero-order valence-electron chi connectivity index (χ0n) is 17.5. The number of aliphatic carboxylic acids is 2. The Bertz CT molecular complexity index is 723. The van der Waals surface area contributed by atoms with Gasteiger partial charge in [0.2, 0.25) is 12.8 Å². The van der Waals surface area contributed by atoms with Crippen molar-refractivity contribution in [3.05, 3.63) is 26.6 Å². The number of rotatable bonds is 7. The molecule has 0 saturated carbocycles. The summed E-state index contributed by atoms with van der Waals surface area (Å²) in [6.07, 6.45) is 1.82. The molecule has 0 saturated heterocycles. The number of aliphatic imine (C=N–C) groups is 1. The number of carbonyl (C=O) groups is 4. The predicted molar refractivity (Wildman–Crippen MR) is 117 cm³/mol. The number of hydrogen-bond donors (Lipinski definition) is 1. The van der Waals surface area contributed by atoms with Crippen LogP contribution in [0.1, 0.15) is 12.0 Å². The molecule has 1 aromatic carbocycles. The molecule has 1 radical (unpaired) electrons. The molecular formula is C17H25Br2CuN3O9. The topological polar surface area (TPSA) is 216 Å². The van der Waals surface area contributed by atoms with Crippen LogP contribution in [0, 0.1) is 0 Å². The molecular weight excluding hydrogens is 614 g/mol. The molecule has 2 amide bonds. The summed E-state index contributed by atoms with van der Waals surface area (Å²) in [5.74, 6) is -3.30. The van der Waals surface area contributed by atoms with Gasteiger partial charge < -0.3 is 40.9 Å². The fraction of sp³-hybridized carbons (Fsp3) is 0.353.